The fraction of sp³-hybridized carbons (Fsp3) is 0.379. The highest BCUT2D eigenvalue weighted by molar-refractivity contribution is 5.88. The lowest BCUT2D eigenvalue weighted by atomic mass is 10.0. The largest absolute Gasteiger partial charge is 0.378 e. The van der Waals surface area contributed by atoms with Gasteiger partial charge in [0.1, 0.15) is 6.04 Å². The van der Waals surface area contributed by atoms with Crippen molar-refractivity contribution in [2.75, 3.05) is 39.4 Å². The molecule has 3 aromatic rings. The van der Waals surface area contributed by atoms with Gasteiger partial charge in [-0.3, -0.25) is 9.59 Å². The number of hydrogen-bond donors (Lipinski definition) is 4. The van der Waals surface area contributed by atoms with Crippen LogP contribution < -0.4 is 21.7 Å². The van der Waals surface area contributed by atoms with Gasteiger partial charge in [-0.2, -0.15) is 0 Å². The van der Waals surface area contributed by atoms with Gasteiger partial charge >= 0.3 is 0 Å². The minimum atomic E-state index is -0.631. The van der Waals surface area contributed by atoms with Crippen molar-refractivity contribution in [3.8, 4) is 0 Å². The number of halogens is 1. The molecule has 3 aromatic carbocycles. The number of amides is 2. The highest BCUT2D eigenvalue weighted by Gasteiger charge is 2.20. The first-order chi connectivity index (χ1) is 17.7. The number of ether oxygens (including phenoxy) is 1. The molecule has 37 heavy (non-hydrogen) atoms. The predicted molar refractivity (Wildman–Crippen MR) is 152 cm³/mol. The maximum absolute atomic E-state index is 12.7. The molecule has 3 rings (SSSR count). The molecule has 0 aliphatic carbocycles. The zero-order valence-electron chi connectivity index (χ0n) is 21.3. The fourth-order valence-electron chi connectivity index (χ4n) is 4.11. The van der Waals surface area contributed by atoms with E-state index in [1.807, 2.05) is 30.3 Å². The molecule has 0 aliphatic heterocycles. The summed E-state index contributed by atoms with van der Waals surface area (Å²) in [6, 6.07) is 23.9. The maximum Gasteiger partial charge on any atom is 0.243 e. The van der Waals surface area contributed by atoms with Gasteiger partial charge in [0.15, 0.2) is 0 Å². The van der Waals surface area contributed by atoms with Crippen LogP contribution in [0, 0.1) is 0 Å². The lowest BCUT2D eigenvalue weighted by molar-refractivity contribution is -0.129. The second kappa shape index (κ2) is 17.5. The normalized spacial score (nSPS) is 11.5. The van der Waals surface area contributed by atoms with Crippen LogP contribution in [0.4, 0.5) is 0 Å². The third-order valence-electron chi connectivity index (χ3n) is 5.95. The molecule has 0 heterocycles. The average Bonchev–Trinajstić information content (AvgIpc) is 2.90. The summed E-state index contributed by atoms with van der Waals surface area (Å²) in [6.45, 7) is 3.25. The van der Waals surface area contributed by atoms with Gasteiger partial charge in [-0.15, -0.1) is 12.4 Å². The van der Waals surface area contributed by atoms with Crippen molar-refractivity contribution in [1.82, 2.24) is 16.0 Å². The summed E-state index contributed by atoms with van der Waals surface area (Å²) in [4.78, 5) is 25.3. The number of carbonyl (C=O) groups excluding carboxylic acids is 2. The van der Waals surface area contributed by atoms with Crippen LogP contribution in [0.25, 0.3) is 10.8 Å². The first-order valence-electron chi connectivity index (χ1n) is 12.7. The van der Waals surface area contributed by atoms with Gasteiger partial charge in [-0.25, -0.2) is 0 Å². The summed E-state index contributed by atoms with van der Waals surface area (Å²) in [5, 5.41) is 11.7. The van der Waals surface area contributed by atoms with Crippen molar-refractivity contribution < 1.29 is 14.3 Å². The van der Waals surface area contributed by atoms with Gasteiger partial charge in [0.2, 0.25) is 11.8 Å². The second-order valence-corrected chi connectivity index (χ2v) is 8.74. The van der Waals surface area contributed by atoms with Crippen LogP contribution in [0.3, 0.4) is 0 Å². The van der Waals surface area contributed by atoms with Gasteiger partial charge in [0.05, 0.1) is 13.2 Å². The SMILES string of the molecule is Cl.NCCOCCNC(=O)[C@H](Cc1ccccc1)NC(=O)CCCNCCc1cccc2ccccc12. The quantitative estimate of drug-likeness (QED) is 0.215. The lowest BCUT2D eigenvalue weighted by Crippen LogP contribution is -2.48. The molecule has 200 valence electrons. The third kappa shape index (κ3) is 10.9. The summed E-state index contributed by atoms with van der Waals surface area (Å²) in [5.74, 6) is -0.335. The Bertz CT molecular complexity index is 1080. The molecule has 2 amide bonds. The molecule has 7 nitrogen and oxygen atoms in total. The van der Waals surface area contributed by atoms with Crippen molar-refractivity contribution in [2.45, 2.75) is 31.7 Å². The molecule has 0 aromatic heterocycles. The highest BCUT2D eigenvalue weighted by Crippen LogP contribution is 2.18. The molecule has 0 fully saturated rings. The van der Waals surface area contributed by atoms with Crippen LogP contribution in [0.5, 0.6) is 0 Å². The maximum atomic E-state index is 12.7. The molecule has 0 bridgehead atoms. The molecule has 8 heteroatoms. The Morgan fingerprint density at radius 3 is 2.43 bits per heavy atom. The Morgan fingerprint density at radius 1 is 0.865 bits per heavy atom. The molecule has 0 spiro atoms. The summed E-state index contributed by atoms with van der Waals surface area (Å²) in [6.07, 6.45) is 2.43. The van der Waals surface area contributed by atoms with Crippen molar-refractivity contribution in [1.29, 1.82) is 0 Å². The summed E-state index contributed by atoms with van der Waals surface area (Å²) in [7, 11) is 0. The molecule has 1 atom stereocenters. The van der Waals surface area contributed by atoms with E-state index in [1.54, 1.807) is 0 Å². The minimum Gasteiger partial charge on any atom is -0.378 e. The molecular weight excluding hydrogens is 488 g/mol. The molecule has 5 N–H and O–H groups in total. The van der Waals surface area contributed by atoms with Crippen LogP contribution in [0.15, 0.2) is 72.8 Å². The number of nitrogens with two attached hydrogens (primary N) is 1. The van der Waals surface area contributed by atoms with E-state index in [9.17, 15) is 9.59 Å². The van der Waals surface area contributed by atoms with Crippen molar-refractivity contribution in [2.24, 2.45) is 5.73 Å². The molecule has 0 unspecified atom stereocenters. The number of fused-ring (bicyclic) bond motifs is 1. The Morgan fingerprint density at radius 2 is 1.62 bits per heavy atom. The van der Waals surface area contributed by atoms with E-state index in [4.69, 9.17) is 10.5 Å². The minimum absolute atomic E-state index is 0. The Balaban J connectivity index is 0.00000481. The van der Waals surface area contributed by atoms with Gasteiger partial charge < -0.3 is 26.4 Å². The van der Waals surface area contributed by atoms with Crippen LogP contribution in [0.2, 0.25) is 0 Å². The van der Waals surface area contributed by atoms with Gasteiger partial charge in [0, 0.05) is 25.9 Å². The Kier molecular flexibility index (Phi) is 14.3. The van der Waals surface area contributed by atoms with E-state index in [-0.39, 0.29) is 24.2 Å². The van der Waals surface area contributed by atoms with E-state index in [0.29, 0.717) is 45.6 Å². The number of hydrogen-bond acceptors (Lipinski definition) is 5. The predicted octanol–water partition coefficient (Wildman–Crippen LogP) is 2.99. The topological polar surface area (TPSA) is 105 Å². The van der Waals surface area contributed by atoms with Gasteiger partial charge in [0.25, 0.3) is 0 Å². The van der Waals surface area contributed by atoms with E-state index >= 15 is 0 Å². The zero-order chi connectivity index (χ0) is 25.4. The molecule has 0 saturated carbocycles. The van der Waals surface area contributed by atoms with E-state index in [1.165, 1.54) is 16.3 Å². The fourth-order valence-corrected chi connectivity index (χ4v) is 4.11. The molecule has 0 radical (unpaired) electrons. The average molecular weight is 527 g/mol. The molecule has 0 aliphatic rings. The van der Waals surface area contributed by atoms with E-state index in [2.05, 4.69) is 58.4 Å². The lowest BCUT2D eigenvalue weighted by Gasteiger charge is -2.19. The van der Waals surface area contributed by atoms with Crippen LogP contribution in [0.1, 0.15) is 24.0 Å². The first kappa shape index (κ1) is 30.3. The Hall–Kier alpha value is -2.97. The van der Waals surface area contributed by atoms with Crippen molar-refractivity contribution in [3.63, 3.8) is 0 Å². The molecule has 0 saturated heterocycles. The van der Waals surface area contributed by atoms with Crippen LogP contribution in [-0.2, 0) is 27.2 Å². The van der Waals surface area contributed by atoms with E-state index < -0.39 is 6.04 Å². The number of rotatable bonds is 16. The van der Waals surface area contributed by atoms with Crippen molar-refractivity contribution >= 4 is 35.0 Å². The third-order valence-corrected chi connectivity index (χ3v) is 5.95. The highest BCUT2D eigenvalue weighted by atomic mass is 35.5. The number of nitrogens with one attached hydrogen (secondary N) is 3. The van der Waals surface area contributed by atoms with Crippen LogP contribution in [-0.4, -0.2) is 57.2 Å². The van der Waals surface area contributed by atoms with Crippen molar-refractivity contribution in [3.05, 3.63) is 83.9 Å². The summed E-state index contributed by atoms with van der Waals surface area (Å²) >= 11 is 0. The summed E-state index contributed by atoms with van der Waals surface area (Å²) in [5.41, 5.74) is 7.72. The Labute approximate surface area is 225 Å². The second-order valence-electron chi connectivity index (χ2n) is 8.74. The number of carbonyl (C=O) groups is 2. The molecular formula is C29H39ClN4O3. The standard InChI is InChI=1S/C29H38N4O3.ClH/c30-16-20-36-21-19-32-29(35)27(22-23-8-2-1-3-9-23)33-28(34)14-7-17-31-18-15-25-12-6-11-24-10-4-5-13-26(24)25;/h1-6,8-13,27,31H,7,14-22,30H2,(H,32,35)(H,33,34);1H/t27-;/m0./s1. The summed E-state index contributed by atoms with van der Waals surface area (Å²) < 4.78 is 5.31. The van der Waals surface area contributed by atoms with E-state index in [0.717, 1.165) is 25.1 Å². The zero-order valence-corrected chi connectivity index (χ0v) is 22.1. The first-order valence-corrected chi connectivity index (χ1v) is 12.7. The monoisotopic (exact) mass is 526 g/mol. The smallest absolute Gasteiger partial charge is 0.243 e. The van der Waals surface area contributed by atoms with Gasteiger partial charge in [-0.05, 0) is 47.8 Å². The van der Waals surface area contributed by atoms with Gasteiger partial charge in [-0.1, -0.05) is 72.8 Å². The van der Waals surface area contributed by atoms with Crippen LogP contribution >= 0.6 is 12.4 Å². The number of benzene rings is 3.